The molecule has 0 amide bonds. The van der Waals surface area contributed by atoms with Crippen molar-refractivity contribution in [1.29, 1.82) is 0 Å². The summed E-state index contributed by atoms with van der Waals surface area (Å²) in [6, 6.07) is 6.31. The van der Waals surface area contributed by atoms with Gasteiger partial charge in [0.15, 0.2) is 0 Å². The molecule has 1 heterocycles. The molecule has 0 saturated carbocycles. The van der Waals surface area contributed by atoms with Crippen LogP contribution in [0.15, 0.2) is 23.0 Å². The number of nitrogens with one attached hydrogen (secondary N) is 1. The third kappa shape index (κ3) is 3.02. The van der Waals surface area contributed by atoms with Gasteiger partial charge in [0.1, 0.15) is 11.6 Å². The lowest BCUT2D eigenvalue weighted by Gasteiger charge is -2.07. The second-order valence-corrected chi connectivity index (χ2v) is 4.90. The number of nitrogen functional groups attached to an aromatic ring is 1. The van der Waals surface area contributed by atoms with Crippen molar-refractivity contribution >= 4 is 5.82 Å². The van der Waals surface area contributed by atoms with Gasteiger partial charge in [-0.3, -0.25) is 4.79 Å². The van der Waals surface area contributed by atoms with Gasteiger partial charge in [-0.1, -0.05) is 36.2 Å². The van der Waals surface area contributed by atoms with Crippen LogP contribution in [0.3, 0.4) is 0 Å². The van der Waals surface area contributed by atoms with Crippen molar-refractivity contribution in [3.8, 4) is 0 Å². The van der Waals surface area contributed by atoms with Crippen LogP contribution in [0.25, 0.3) is 0 Å². The summed E-state index contributed by atoms with van der Waals surface area (Å²) in [5.41, 5.74) is 9.78. The Bertz CT molecular complexity index is 639. The Hall–Kier alpha value is -2.10. The van der Waals surface area contributed by atoms with Crippen LogP contribution in [-0.2, 0) is 12.8 Å². The van der Waals surface area contributed by atoms with Gasteiger partial charge in [0, 0.05) is 6.42 Å². The van der Waals surface area contributed by atoms with E-state index in [1.165, 1.54) is 11.1 Å². The molecule has 0 aliphatic rings. The van der Waals surface area contributed by atoms with E-state index < -0.39 is 0 Å². The van der Waals surface area contributed by atoms with E-state index in [0.29, 0.717) is 30.0 Å². The van der Waals surface area contributed by atoms with Crippen molar-refractivity contribution in [2.24, 2.45) is 0 Å². The second-order valence-electron chi connectivity index (χ2n) is 4.90. The number of aromatic amines is 1. The molecule has 0 spiro atoms. The average Bonchev–Trinajstić information content (AvgIpc) is 2.26. The van der Waals surface area contributed by atoms with Gasteiger partial charge >= 0.3 is 0 Å². The van der Waals surface area contributed by atoms with Crippen molar-refractivity contribution in [3.63, 3.8) is 0 Å². The number of aryl methyl sites for hydroxylation is 2. The van der Waals surface area contributed by atoms with E-state index in [0.717, 1.165) is 5.56 Å². The molecule has 0 aliphatic carbocycles. The Morgan fingerprint density at radius 3 is 2.37 bits per heavy atom. The molecule has 1 aromatic heterocycles. The highest BCUT2D eigenvalue weighted by Gasteiger charge is 2.08. The second kappa shape index (κ2) is 5.26. The molecule has 0 bridgehead atoms. The van der Waals surface area contributed by atoms with Gasteiger partial charge in [-0.15, -0.1) is 0 Å². The Morgan fingerprint density at radius 1 is 1.21 bits per heavy atom. The predicted molar refractivity (Wildman–Crippen MR) is 77.4 cm³/mol. The lowest BCUT2D eigenvalue weighted by atomic mass is 10.0. The fourth-order valence-electron chi connectivity index (χ4n) is 2.35. The fourth-order valence-corrected chi connectivity index (χ4v) is 2.35. The topological polar surface area (TPSA) is 71.8 Å². The first-order valence-electron chi connectivity index (χ1n) is 6.44. The van der Waals surface area contributed by atoms with E-state index in [4.69, 9.17) is 5.73 Å². The van der Waals surface area contributed by atoms with Crippen LogP contribution in [0.5, 0.6) is 0 Å². The van der Waals surface area contributed by atoms with Gasteiger partial charge in [0.05, 0.1) is 5.56 Å². The molecule has 0 radical (unpaired) electrons. The Balaban J connectivity index is 2.36. The molecule has 2 aromatic rings. The van der Waals surface area contributed by atoms with E-state index in [2.05, 4.69) is 42.0 Å². The highest BCUT2D eigenvalue weighted by molar-refractivity contribution is 5.38. The minimum Gasteiger partial charge on any atom is -0.383 e. The number of rotatable bonds is 3. The van der Waals surface area contributed by atoms with E-state index >= 15 is 0 Å². The van der Waals surface area contributed by atoms with Crippen molar-refractivity contribution in [2.45, 2.75) is 33.6 Å². The van der Waals surface area contributed by atoms with Crippen LogP contribution in [0, 0.1) is 13.8 Å². The molecule has 0 unspecified atom stereocenters. The van der Waals surface area contributed by atoms with Crippen LogP contribution < -0.4 is 11.3 Å². The Kier molecular flexibility index (Phi) is 3.69. The molecule has 0 atom stereocenters. The summed E-state index contributed by atoms with van der Waals surface area (Å²) in [5, 5.41) is 0. The third-order valence-electron chi connectivity index (χ3n) is 3.10. The number of H-pyrrole nitrogens is 1. The number of nitrogens with zero attached hydrogens (tertiary/aromatic N) is 1. The molecule has 0 fully saturated rings. The van der Waals surface area contributed by atoms with E-state index in [1.807, 2.05) is 6.92 Å². The maximum absolute atomic E-state index is 11.8. The number of hydrogen-bond acceptors (Lipinski definition) is 3. The maximum Gasteiger partial charge on any atom is 0.256 e. The largest absolute Gasteiger partial charge is 0.383 e. The van der Waals surface area contributed by atoms with Crippen molar-refractivity contribution < 1.29 is 0 Å². The summed E-state index contributed by atoms with van der Waals surface area (Å²) >= 11 is 0. The molecule has 100 valence electrons. The maximum atomic E-state index is 11.8. The first-order valence-corrected chi connectivity index (χ1v) is 6.44. The lowest BCUT2D eigenvalue weighted by Crippen LogP contribution is -2.19. The number of aromatic nitrogens is 2. The van der Waals surface area contributed by atoms with Crippen molar-refractivity contribution in [1.82, 2.24) is 9.97 Å². The molecule has 19 heavy (non-hydrogen) atoms. The van der Waals surface area contributed by atoms with Gasteiger partial charge in [0.25, 0.3) is 5.56 Å². The standard InChI is InChI=1S/C15H19N3O/c1-4-12-14(16)17-13(18-15(12)19)8-11-6-9(2)5-10(3)7-11/h5-7H,4,8H2,1-3H3,(H3,16,17,18,19). The molecule has 4 heteroatoms. The molecule has 0 aliphatic heterocycles. The quantitative estimate of drug-likeness (QED) is 0.884. The summed E-state index contributed by atoms with van der Waals surface area (Å²) in [5.74, 6) is 0.954. The number of anilines is 1. The molecular formula is C15H19N3O. The summed E-state index contributed by atoms with van der Waals surface area (Å²) in [4.78, 5) is 18.9. The molecule has 3 N–H and O–H groups in total. The lowest BCUT2D eigenvalue weighted by molar-refractivity contribution is 0.915. The summed E-state index contributed by atoms with van der Waals surface area (Å²) in [6.07, 6.45) is 1.18. The summed E-state index contributed by atoms with van der Waals surface area (Å²) < 4.78 is 0. The van der Waals surface area contributed by atoms with E-state index in [9.17, 15) is 4.79 Å². The Labute approximate surface area is 112 Å². The van der Waals surface area contributed by atoms with Gasteiger partial charge < -0.3 is 10.7 Å². The molecular weight excluding hydrogens is 238 g/mol. The number of benzene rings is 1. The van der Waals surface area contributed by atoms with Crippen LogP contribution in [0.2, 0.25) is 0 Å². The van der Waals surface area contributed by atoms with Gasteiger partial charge in [-0.2, -0.15) is 0 Å². The zero-order valence-corrected chi connectivity index (χ0v) is 11.6. The average molecular weight is 257 g/mol. The van der Waals surface area contributed by atoms with Crippen LogP contribution in [0.1, 0.15) is 35.0 Å². The van der Waals surface area contributed by atoms with Gasteiger partial charge in [-0.05, 0) is 25.8 Å². The molecule has 2 rings (SSSR count). The minimum absolute atomic E-state index is 0.130. The highest BCUT2D eigenvalue weighted by Crippen LogP contribution is 2.12. The fraction of sp³-hybridized carbons (Fsp3) is 0.333. The summed E-state index contributed by atoms with van der Waals surface area (Å²) in [6.45, 7) is 6.01. The third-order valence-corrected chi connectivity index (χ3v) is 3.10. The first kappa shape index (κ1) is 13.3. The molecule has 1 aromatic carbocycles. The highest BCUT2D eigenvalue weighted by atomic mass is 16.1. The minimum atomic E-state index is -0.130. The summed E-state index contributed by atoms with van der Waals surface area (Å²) in [7, 11) is 0. The smallest absolute Gasteiger partial charge is 0.256 e. The normalized spacial score (nSPS) is 10.7. The monoisotopic (exact) mass is 257 g/mol. The van der Waals surface area contributed by atoms with Crippen molar-refractivity contribution in [3.05, 3.63) is 56.6 Å². The van der Waals surface area contributed by atoms with Gasteiger partial charge in [-0.25, -0.2) is 4.98 Å². The molecule has 4 nitrogen and oxygen atoms in total. The van der Waals surface area contributed by atoms with Crippen LogP contribution in [0.4, 0.5) is 5.82 Å². The van der Waals surface area contributed by atoms with Crippen molar-refractivity contribution in [2.75, 3.05) is 5.73 Å². The van der Waals surface area contributed by atoms with Gasteiger partial charge in [0.2, 0.25) is 0 Å². The van der Waals surface area contributed by atoms with Crippen LogP contribution in [-0.4, -0.2) is 9.97 Å². The predicted octanol–water partition coefficient (Wildman–Crippen LogP) is 2.12. The zero-order valence-electron chi connectivity index (χ0n) is 11.6. The van der Waals surface area contributed by atoms with E-state index in [1.54, 1.807) is 0 Å². The van der Waals surface area contributed by atoms with Crippen LogP contribution >= 0.6 is 0 Å². The zero-order chi connectivity index (χ0) is 14.0. The number of hydrogen-bond donors (Lipinski definition) is 2. The van der Waals surface area contributed by atoms with E-state index in [-0.39, 0.29) is 5.56 Å². The SMILES string of the molecule is CCc1c(N)nc(Cc2cc(C)cc(C)c2)[nH]c1=O. The Morgan fingerprint density at radius 2 is 1.84 bits per heavy atom. The molecule has 0 saturated heterocycles. The number of nitrogens with two attached hydrogens (primary N) is 1. The first-order chi connectivity index (χ1) is 8.99.